The monoisotopic (exact) mass is 1360 g/mol. The molecule has 1 aliphatic rings. The van der Waals surface area contributed by atoms with Crippen LogP contribution in [0.1, 0.15) is 92.2 Å². The zero-order chi connectivity index (χ0) is 68.9. The fraction of sp³-hybridized carbons (Fsp3) is 0.769. The molecule has 25 nitrogen and oxygen atoms in total. The van der Waals surface area contributed by atoms with Crippen molar-refractivity contribution in [3.05, 3.63) is 64.3 Å². The number of nitrogens with zero attached hydrogens (tertiary/aromatic N) is 8. The number of thioether (sulfide) groups is 1. The zero-order valence-electron chi connectivity index (χ0n) is 58.9. The second-order valence-corrected chi connectivity index (χ2v) is 35.9. The van der Waals surface area contributed by atoms with Gasteiger partial charge >= 0.3 is 0 Å². The molecule has 93 heavy (non-hydrogen) atoms. The van der Waals surface area contributed by atoms with Gasteiger partial charge in [-0.05, 0) is 87.5 Å². The normalized spacial score (nSPS) is 16.3. The van der Waals surface area contributed by atoms with Crippen LogP contribution >= 0.6 is 11.8 Å². The first kappa shape index (κ1) is 82.6. The van der Waals surface area contributed by atoms with Crippen molar-refractivity contribution in [1.82, 2.24) is 40.6 Å². The van der Waals surface area contributed by atoms with Crippen LogP contribution in [0.4, 0.5) is 0 Å². The molecule has 3 rings (SSSR count). The molecule has 1 aliphatic heterocycles. The maximum Gasteiger partial charge on any atom is 0.245 e. The van der Waals surface area contributed by atoms with Crippen LogP contribution in [0, 0.1) is 23.7 Å². The van der Waals surface area contributed by atoms with Gasteiger partial charge in [-0.25, -0.2) is 9.97 Å². The molecule has 1 saturated heterocycles. The van der Waals surface area contributed by atoms with Gasteiger partial charge in [-0.15, -0.1) is 0 Å². The highest BCUT2D eigenvalue weighted by Crippen LogP contribution is 2.31. The Morgan fingerprint density at radius 3 is 1.86 bits per heavy atom. The molecule has 0 unspecified atom stereocenters. The highest BCUT2D eigenvalue weighted by molar-refractivity contribution is 8.00. The third-order valence-electron chi connectivity index (χ3n) is 16.6. The summed E-state index contributed by atoms with van der Waals surface area (Å²) in [5.41, 5.74) is 9.98. The lowest BCUT2D eigenvalue weighted by Crippen LogP contribution is -2.60. The van der Waals surface area contributed by atoms with E-state index in [-0.39, 0.29) is 60.1 Å². The van der Waals surface area contributed by atoms with Crippen LogP contribution in [0.3, 0.4) is 0 Å². The standard InChI is InChI=1S/C65H115N11O14SSi2/c1-17-49(7)59(75(10)64(81)57(47(3)4)72-63(80)58(48(5)6)74(9)18-2)55(82-11)42-56(77)76-28-22-25-54(76)60(83-12)50(8)61(78)71-53(41-51-23-20-19-21-24-51)62(79)67-27-40-92(13,14)90-93(15,16)46-91-65-68-43-52(44-69-65)45-89-39-38-88-37-36-87-35-34-86-33-32-85-31-30-84-29-26-70-73-66/h19-21,23-24,43-44,47-50,53-55,57-60H,17-18,22,25-42,45-46H2,1-16H3,(H,67,79)(H,71,78)(H,72,80)/t49-,50+,53-,54-,55+,57-,58-,59-,60+/m0/s1. The maximum absolute atomic E-state index is 14.6. The topological polar surface area (TPSA) is 289 Å². The number of methoxy groups -OCH3 is 2. The molecule has 1 fully saturated rings. The summed E-state index contributed by atoms with van der Waals surface area (Å²) >= 11 is 1.57. The lowest BCUT2D eigenvalue weighted by molar-refractivity contribution is -0.148. The molecule has 2 heterocycles. The summed E-state index contributed by atoms with van der Waals surface area (Å²) in [5.74, 6) is -2.30. The predicted octanol–water partition coefficient (Wildman–Crippen LogP) is 7.33. The fourth-order valence-electron chi connectivity index (χ4n) is 11.5. The van der Waals surface area contributed by atoms with Crippen LogP contribution in [-0.2, 0) is 79.0 Å². The number of amides is 5. The molecular weight excluding hydrogens is 1250 g/mol. The van der Waals surface area contributed by atoms with Crippen LogP contribution in [0.25, 0.3) is 10.4 Å². The molecule has 1 aromatic carbocycles. The van der Waals surface area contributed by atoms with Crippen LogP contribution in [0.15, 0.2) is 53.0 Å². The minimum Gasteiger partial charge on any atom is -0.455 e. The number of ether oxygens (including phenoxy) is 8. The van der Waals surface area contributed by atoms with Gasteiger partial charge < -0.3 is 67.8 Å². The first-order valence-corrected chi connectivity index (χ1v) is 40.4. The SMILES string of the molecule is CC[C@H](C)[C@@H]([C@@H](CC(=O)N1CCC[C@H]1[C@H](OC)[C@@H](C)C(=O)N[C@@H](Cc1ccccc1)C(=O)NCC[Si](C)(C)O[Si](C)(C)CSc1ncc(COCCOCCOCCOCCOCCOCCN=[N+]=[N-])cn1)OC)N(C)C(=O)[C@@H](NC(=O)[C@H](C(C)C)N(C)CC)C(C)C. The van der Waals surface area contributed by atoms with Crippen LogP contribution in [-0.4, -0.2) is 246 Å². The number of hydrogen-bond acceptors (Lipinski definition) is 19. The Morgan fingerprint density at radius 1 is 0.753 bits per heavy atom. The highest BCUT2D eigenvalue weighted by atomic mass is 32.2. The number of rotatable bonds is 50. The van der Waals surface area contributed by atoms with E-state index in [1.165, 1.54) is 0 Å². The molecule has 0 saturated carbocycles. The Morgan fingerprint density at radius 2 is 1.33 bits per heavy atom. The number of benzene rings is 1. The summed E-state index contributed by atoms with van der Waals surface area (Å²) in [6.07, 6.45) is 4.43. The number of likely N-dealkylation sites (N-methyl/N-ethyl adjacent to an activating group) is 2. The van der Waals surface area contributed by atoms with Crippen LogP contribution in [0.5, 0.6) is 0 Å². The Hall–Kier alpha value is -4.66. The van der Waals surface area contributed by atoms with E-state index < -0.39 is 65.0 Å². The molecule has 28 heteroatoms. The van der Waals surface area contributed by atoms with Gasteiger partial charge in [0.1, 0.15) is 12.1 Å². The fourth-order valence-corrected chi connectivity index (χ4v) is 21.5. The van der Waals surface area contributed by atoms with Crippen molar-refractivity contribution in [3.63, 3.8) is 0 Å². The predicted molar refractivity (Wildman–Crippen MR) is 366 cm³/mol. The van der Waals surface area contributed by atoms with E-state index in [2.05, 4.69) is 62.1 Å². The average Bonchev–Trinajstić information content (AvgIpc) is 1.82. The summed E-state index contributed by atoms with van der Waals surface area (Å²) in [6.45, 7) is 31.3. The van der Waals surface area contributed by atoms with Crippen LogP contribution in [0.2, 0.25) is 32.2 Å². The van der Waals surface area contributed by atoms with Crippen molar-refractivity contribution in [2.45, 2.75) is 174 Å². The van der Waals surface area contributed by atoms with Gasteiger partial charge in [0.05, 0.1) is 122 Å². The second-order valence-electron chi connectivity index (χ2n) is 25.7. The van der Waals surface area contributed by atoms with E-state index in [0.29, 0.717) is 136 Å². The molecule has 5 amide bonds. The van der Waals surface area contributed by atoms with E-state index >= 15 is 0 Å². The number of nitrogens with one attached hydrogen (secondary N) is 3. The summed E-state index contributed by atoms with van der Waals surface area (Å²) in [5, 5.41) is 14.1. The molecule has 0 spiro atoms. The van der Waals surface area contributed by atoms with E-state index in [1.807, 2.05) is 90.7 Å². The van der Waals surface area contributed by atoms with Gasteiger partial charge in [-0.3, -0.25) is 28.9 Å². The molecular formula is C65H115N11O14SSi2. The minimum atomic E-state index is -2.31. The molecule has 1 aromatic heterocycles. The lowest BCUT2D eigenvalue weighted by atomic mass is 9.89. The lowest BCUT2D eigenvalue weighted by Gasteiger charge is -2.41. The van der Waals surface area contributed by atoms with Crippen molar-refractivity contribution in [3.8, 4) is 0 Å². The first-order chi connectivity index (χ1) is 44.3. The Kier molecular flexibility index (Phi) is 39.9. The molecule has 528 valence electrons. The molecule has 0 radical (unpaired) electrons. The van der Waals surface area contributed by atoms with E-state index in [9.17, 15) is 24.0 Å². The summed E-state index contributed by atoms with van der Waals surface area (Å²) in [4.78, 5) is 88.9. The van der Waals surface area contributed by atoms with E-state index in [4.69, 9.17) is 47.5 Å². The Balaban J connectivity index is 1.52. The summed E-state index contributed by atoms with van der Waals surface area (Å²) in [7, 11) is 2.21. The number of likely N-dealkylation sites (tertiary alicyclic amines) is 1. The Labute approximate surface area is 561 Å². The third kappa shape index (κ3) is 30.5. The molecule has 3 N–H and O–H groups in total. The third-order valence-corrected chi connectivity index (χ3v) is 26.3. The van der Waals surface area contributed by atoms with Crippen LogP contribution < -0.4 is 16.0 Å². The number of hydrogen-bond donors (Lipinski definition) is 3. The molecule has 0 bridgehead atoms. The highest BCUT2D eigenvalue weighted by Gasteiger charge is 2.44. The zero-order valence-corrected chi connectivity index (χ0v) is 61.7. The molecule has 9 atom stereocenters. The second kappa shape index (κ2) is 45.0. The number of carbonyl (C=O) groups is 5. The quantitative estimate of drug-likeness (QED) is 0.0111. The number of aromatic nitrogens is 2. The van der Waals surface area contributed by atoms with Gasteiger partial charge in [0.15, 0.2) is 21.8 Å². The van der Waals surface area contributed by atoms with Gasteiger partial charge in [0.2, 0.25) is 29.5 Å². The van der Waals surface area contributed by atoms with Gasteiger partial charge in [0.25, 0.3) is 0 Å². The molecule has 2 aromatic rings. The van der Waals surface area contributed by atoms with Crippen molar-refractivity contribution in [2.24, 2.45) is 28.8 Å². The summed E-state index contributed by atoms with van der Waals surface area (Å²) < 4.78 is 52.3. The summed E-state index contributed by atoms with van der Waals surface area (Å²) in [6, 6.07) is 7.19. The number of carbonyl (C=O) groups excluding carboxylic acids is 5. The largest absolute Gasteiger partial charge is 0.455 e. The number of azide groups is 1. The average molecular weight is 1360 g/mol. The first-order valence-electron chi connectivity index (χ1n) is 33.2. The van der Waals surface area contributed by atoms with Crippen molar-refractivity contribution < 1.29 is 66.0 Å². The minimum absolute atomic E-state index is 0.0190. The molecule has 0 aliphatic carbocycles. The maximum atomic E-state index is 14.6. The van der Waals surface area contributed by atoms with Gasteiger partial charge in [0, 0.05) is 75.6 Å². The van der Waals surface area contributed by atoms with Crippen molar-refractivity contribution >= 4 is 57.9 Å². The van der Waals surface area contributed by atoms with Gasteiger partial charge in [-0.2, -0.15) is 0 Å². The van der Waals surface area contributed by atoms with Crippen molar-refractivity contribution in [2.75, 3.05) is 133 Å². The Bertz CT molecular complexity index is 2510. The van der Waals surface area contributed by atoms with E-state index in [0.717, 1.165) is 16.5 Å². The van der Waals surface area contributed by atoms with Crippen molar-refractivity contribution in [1.29, 1.82) is 0 Å². The van der Waals surface area contributed by atoms with Gasteiger partial charge in [-0.1, -0.05) is 109 Å². The van der Waals surface area contributed by atoms with E-state index in [1.54, 1.807) is 62.1 Å². The smallest absolute Gasteiger partial charge is 0.245 e.